The van der Waals surface area contributed by atoms with Crippen LogP contribution in [0.25, 0.3) is 0 Å². The number of fused-ring (bicyclic) bond motifs is 1. The Hall–Kier alpha value is -2.83. The van der Waals surface area contributed by atoms with Crippen LogP contribution >= 0.6 is 0 Å². The van der Waals surface area contributed by atoms with Gasteiger partial charge in [0.15, 0.2) is 0 Å². The molecule has 0 saturated heterocycles. The van der Waals surface area contributed by atoms with Crippen molar-refractivity contribution in [3.05, 3.63) is 47.9 Å². The molecule has 1 aliphatic heterocycles. The number of nitrogens with zero attached hydrogens (tertiary/aromatic N) is 3. The molecule has 23 heavy (non-hydrogen) atoms. The number of ether oxygens (including phenoxy) is 1. The predicted octanol–water partition coefficient (Wildman–Crippen LogP) is 2.30. The third-order valence-electron chi connectivity index (χ3n) is 3.45. The molecule has 0 bridgehead atoms. The zero-order valence-corrected chi connectivity index (χ0v) is 12.9. The molecule has 120 valence electrons. The second-order valence-corrected chi connectivity index (χ2v) is 5.73. The minimum absolute atomic E-state index is 0.0779. The Kier molecular flexibility index (Phi) is 4.01. The van der Waals surface area contributed by atoms with Crippen LogP contribution in [0.5, 0.6) is 5.75 Å². The maximum atomic E-state index is 11.3. The molecular weight excluding hydrogens is 296 g/mol. The van der Waals surface area contributed by atoms with E-state index in [1.54, 1.807) is 10.8 Å². The fourth-order valence-electron chi connectivity index (χ4n) is 2.39. The van der Waals surface area contributed by atoms with Gasteiger partial charge in [-0.2, -0.15) is 10.1 Å². The number of hydrogen-bond acceptors (Lipinski definition) is 5. The summed E-state index contributed by atoms with van der Waals surface area (Å²) in [6.45, 7) is 4.73. The van der Waals surface area contributed by atoms with Gasteiger partial charge >= 0.3 is 5.97 Å². The average molecular weight is 314 g/mol. The summed E-state index contributed by atoms with van der Waals surface area (Å²) in [6.07, 6.45) is 3.01. The van der Waals surface area contributed by atoms with Crippen LogP contribution in [-0.2, 0) is 4.79 Å². The summed E-state index contributed by atoms with van der Waals surface area (Å²) < 4.78 is 7.52. The molecule has 0 radical (unpaired) electrons. The highest BCUT2D eigenvalue weighted by Gasteiger charge is 2.27. The van der Waals surface area contributed by atoms with Crippen molar-refractivity contribution >= 4 is 11.9 Å². The lowest BCUT2D eigenvalue weighted by molar-refractivity contribution is -0.132. The summed E-state index contributed by atoms with van der Waals surface area (Å²) >= 11 is 0. The molecule has 2 heterocycles. The van der Waals surface area contributed by atoms with Crippen molar-refractivity contribution in [3.8, 4) is 5.75 Å². The molecule has 2 aromatic rings. The minimum atomic E-state index is -1.04. The van der Waals surface area contributed by atoms with E-state index in [1.807, 2.05) is 24.3 Å². The lowest BCUT2D eigenvalue weighted by Crippen LogP contribution is -2.24. The number of rotatable bonds is 5. The van der Waals surface area contributed by atoms with Gasteiger partial charge in [-0.05, 0) is 18.1 Å². The lowest BCUT2D eigenvalue weighted by atomic mass is 10.0. The summed E-state index contributed by atoms with van der Waals surface area (Å²) in [6, 6.07) is 7.19. The van der Waals surface area contributed by atoms with Crippen LogP contribution in [0.1, 0.15) is 25.5 Å². The summed E-state index contributed by atoms with van der Waals surface area (Å²) in [7, 11) is 0. The lowest BCUT2D eigenvalue weighted by Gasteiger charge is -2.24. The van der Waals surface area contributed by atoms with Crippen LogP contribution in [0.2, 0.25) is 0 Å². The topological polar surface area (TPSA) is 89.3 Å². The van der Waals surface area contributed by atoms with Crippen molar-refractivity contribution in [2.24, 2.45) is 5.92 Å². The molecule has 0 amide bonds. The first kappa shape index (κ1) is 15.1. The normalized spacial score (nSPS) is 16.5. The first-order valence-corrected chi connectivity index (χ1v) is 7.39. The van der Waals surface area contributed by atoms with Crippen LogP contribution in [0.3, 0.4) is 0 Å². The third kappa shape index (κ3) is 3.03. The summed E-state index contributed by atoms with van der Waals surface area (Å²) in [4.78, 5) is 15.4. The van der Waals surface area contributed by atoms with Crippen molar-refractivity contribution in [1.82, 2.24) is 14.8 Å². The number of anilines is 1. The summed E-state index contributed by atoms with van der Waals surface area (Å²) in [5, 5.41) is 16.2. The maximum Gasteiger partial charge on any atom is 0.352 e. The van der Waals surface area contributed by atoms with E-state index in [2.05, 4.69) is 29.2 Å². The fraction of sp³-hybridized carbons (Fsp3) is 0.312. The number of nitrogens with one attached hydrogen (secondary N) is 1. The van der Waals surface area contributed by atoms with E-state index >= 15 is 0 Å². The van der Waals surface area contributed by atoms with Gasteiger partial charge in [-0.25, -0.2) is 9.48 Å². The Bertz CT molecular complexity index is 751. The number of carboxylic acid groups (broad SMARTS) is 1. The quantitative estimate of drug-likeness (QED) is 0.880. The van der Waals surface area contributed by atoms with E-state index in [0.717, 1.165) is 11.3 Å². The maximum absolute atomic E-state index is 11.3. The Labute approximate surface area is 133 Å². The molecule has 0 fully saturated rings. The molecule has 0 saturated carbocycles. The smallest absolute Gasteiger partial charge is 0.352 e. The Morgan fingerprint density at radius 1 is 1.43 bits per heavy atom. The van der Waals surface area contributed by atoms with Crippen LogP contribution < -0.4 is 10.1 Å². The predicted molar refractivity (Wildman–Crippen MR) is 84.3 cm³/mol. The largest absolute Gasteiger partial charge is 0.493 e. The van der Waals surface area contributed by atoms with Crippen LogP contribution in [-0.4, -0.2) is 32.4 Å². The van der Waals surface area contributed by atoms with Gasteiger partial charge in [-0.1, -0.05) is 32.0 Å². The van der Waals surface area contributed by atoms with E-state index in [4.69, 9.17) is 4.74 Å². The van der Waals surface area contributed by atoms with Gasteiger partial charge in [-0.3, -0.25) is 0 Å². The molecule has 1 aromatic carbocycles. The number of carboxylic acids is 1. The van der Waals surface area contributed by atoms with Crippen LogP contribution in [0.4, 0.5) is 5.95 Å². The number of aliphatic carboxylic acids is 1. The highest BCUT2D eigenvalue weighted by Crippen LogP contribution is 2.33. The van der Waals surface area contributed by atoms with Crippen molar-refractivity contribution in [2.45, 2.75) is 19.9 Å². The Balaban J connectivity index is 2.02. The Morgan fingerprint density at radius 3 is 2.96 bits per heavy atom. The van der Waals surface area contributed by atoms with Crippen molar-refractivity contribution in [1.29, 1.82) is 0 Å². The molecule has 7 heteroatoms. The van der Waals surface area contributed by atoms with Crippen molar-refractivity contribution < 1.29 is 14.6 Å². The van der Waals surface area contributed by atoms with E-state index in [1.165, 1.54) is 6.33 Å². The molecule has 1 aliphatic rings. The van der Waals surface area contributed by atoms with E-state index in [0.29, 0.717) is 18.5 Å². The number of carbonyl (C=O) groups is 1. The third-order valence-corrected chi connectivity index (χ3v) is 3.45. The zero-order valence-electron chi connectivity index (χ0n) is 12.9. The van der Waals surface area contributed by atoms with Gasteiger partial charge in [0.1, 0.15) is 23.8 Å². The molecule has 0 unspecified atom stereocenters. The second kappa shape index (κ2) is 6.12. The van der Waals surface area contributed by atoms with Gasteiger partial charge in [0.2, 0.25) is 5.95 Å². The van der Waals surface area contributed by atoms with Crippen LogP contribution in [0.15, 0.2) is 42.4 Å². The highest BCUT2D eigenvalue weighted by molar-refractivity contribution is 5.90. The standard InChI is InChI=1S/C16H18N4O3/c1-10(2)8-23-14-6-4-3-5-11(14)13-7-12(15(21)22)19-16-17-9-18-20(13)16/h3-7,9-10,13H,8H2,1-2H3,(H,21,22)(H,17,18,19)/t13-/m1/s1. The van der Waals surface area contributed by atoms with Crippen LogP contribution in [0, 0.1) is 5.92 Å². The van der Waals surface area contributed by atoms with Gasteiger partial charge in [0.05, 0.1) is 6.61 Å². The molecule has 1 atom stereocenters. The molecular formula is C16H18N4O3. The average Bonchev–Trinajstić information content (AvgIpc) is 3.00. The Morgan fingerprint density at radius 2 is 2.22 bits per heavy atom. The van der Waals surface area contributed by atoms with E-state index in [-0.39, 0.29) is 11.7 Å². The van der Waals surface area contributed by atoms with Gasteiger partial charge in [-0.15, -0.1) is 0 Å². The number of hydrogen-bond donors (Lipinski definition) is 2. The monoisotopic (exact) mass is 314 g/mol. The van der Waals surface area contributed by atoms with Gasteiger partial charge in [0, 0.05) is 5.56 Å². The van der Waals surface area contributed by atoms with E-state index in [9.17, 15) is 9.90 Å². The van der Waals surface area contributed by atoms with E-state index < -0.39 is 5.97 Å². The number of para-hydroxylation sites is 1. The molecule has 2 N–H and O–H groups in total. The molecule has 7 nitrogen and oxygen atoms in total. The van der Waals surface area contributed by atoms with Crippen molar-refractivity contribution in [2.75, 3.05) is 11.9 Å². The van der Waals surface area contributed by atoms with Gasteiger partial charge in [0.25, 0.3) is 0 Å². The summed E-state index contributed by atoms with van der Waals surface area (Å²) in [5.41, 5.74) is 0.925. The van der Waals surface area contributed by atoms with Crippen molar-refractivity contribution in [3.63, 3.8) is 0 Å². The second-order valence-electron chi connectivity index (χ2n) is 5.73. The number of allylic oxidation sites excluding steroid dienone is 1. The molecule has 0 aliphatic carbocycles. The molecule has 0 spiro atoms. The number of benzene rings is 1. The molecule has 3 rings (SSSR count). The number of aromatic nitrogens is 3. The highest BCUT2D eigenvalue weighted by atomic mass is 16.5. The fourth-order valence-corrected chi connectivity index (χ4v) is 2.39. The van der Waals surface area contributed by atoms with Gasteiger partial charge < -0.3 is 15.2 Å². The zero-order chi connectivity index (χ0) is 16.4. The first-order chi connectivity index (χ1) is 11.1. The first-order valence-electron chi connectivity index (χ1n) is 7.39. The SMILES string of the molecule is CC(C)COc1ccccc1[C@H]1C=C(C(=O)O)Nc2ncnn21. The molecule has 1 aromatic heterocycles. The summed E-state index contributed by atoms with van der Waals surface area (Å²) in [5.74, 6) is 0.470. The minimum Gasteiger partial charge on any atom is -0.493 e.